The van der Waals surface area contributed by atoms with Crippen molar-refractivity contribution in [3.63, 3.8) is 0 Å². The second-order valence-corrected chi connectivity index (χ2v) is 4.31. The predicted octanol–water partition coefficient (Wildman–Crippen LogP) is 0.538. The monoisotopic (exact) mass is 242 g/mol. The molecule has 2 amide bonds. The lowest BCUT2D eigenvalue weighted by Crippen LogP contribution is -2.41. The Morgan fingerprint density at radius 3 is 2.76 bits per heavy atom. The first kappa shape index (κ1) is 14.1. The Morgan fingerprint density at radius 1 is 1.47 bits per heavy atom. The van der Waals surface area contributed by atoms with Crippen molar-refractivity contribution in [1.82, 2.24) is 10.2 Å². The number of imide groups is 1. The summed E-state index contributed by atoms with van der Waals surface area (Å²) in [6.07, 6.45) is 1.14. The zero-order valence-electron chi connectivity index (χ0n) is 10.9. The topological polar surface area (TPSA) is 58.6 Å². The van der Waals surface area contributed by atoms with Gasteiger partial charge in [0.1, 0.15) is 0 Å². The Hall–Kier alpha value is -0.940. The normalized spacial score (nSPS) is 22.3. The number of likely N-dealkylation sites (tertiary alicyclic amines) is 1. The van der Waals surface area contributed by atoms with E-state index in [1.807, 2.05) is 20.8 Å². The van der Waals surface area contributed by atoms with Crippen molar-refractivity contribution in [3.05, 3.63) is 0 Å². The molecule has 5 heteroatoms. The van der Waals surface area contributed by atoms with E-state index in [1.165, 1.54) is 4.90 Å². The summed E-state index contributed by atoms with van der Waals surface area (Å²) >= 11 is 0. The minimum absolute atomic E-state index is 0.0585. The van der Waals surface area contributed by atoms with Crippen LogP contribution in [0.3, 0.4) is 0 Å². The quantitative estimate of drug-likeness (QED) is 0.662. The van der Waals surface area contributed by atoms with Gasteiger partial charge in [-0.1, -0.05) is 6.92 Å². The molecule has 2 atom stereocenters. The molecule has 0 aromatic carbocycles. The maximum atomic E-state index is 11.9. The summed E-state index contributed by atoms with van der Waals surface area (Å²) in [5, 5.41) is 3.10. The van der Waals surface area contributed by atoms with Gasteiger partial charge in [-0.15, -0.1) is 0 Å². The largest absolute Gasteiger partial charge is 0.377 e. The van der Waals surface area contributed by atoms with E-state index in [0.717, 1.165) is 6.42 Å². The van der Waals surface area contributed by atoms with Crippen LogP contribution in [0.5, 0.6) is 0 Å². The average Bonchev–Trinajstić information content (AvgIpc) is 2.55. The SMILES string of the molecule is CCCN1C(=O)CC(NCC(C)OCC)C1=O. The van der Waals surface area contributed by atoms with Crippen molar-refractivity contribution in [2.45, 2.75) is 45.8 Å². The lowest BCUT2D eigenvalue weighted by atomic mass is 10.2. The Morgan fingerprint density at radius 2 is 2.18 bits per heavy atom. The maximum Gasteiger partial charge on any atom is 0.246 e. The van der Waals surface area contributed by atoms with Gasteiger partial charge in [-0.05, 0) is 20.3 Å². The van der Waals surface area contributed by atoms with Crippen molar-refractivity contribution in [2.75, 3.05) is 19.7 Å². The van der Waals surface area contributed by atoms with Gasteiger partial charge < -0.3 is 10.1 Å². The van der Waals surface area contributed by atoms with E-state index in [4.69, 9.17) is 4.74 Å². The summed E-state index contributed by atoms with van der Waals surface area (Å²) in [6.45, 7) is 7.61. The zero-order chi connectivity index (χ0) is 12.8. The zero-order valence-corrected chi connectivity index (χ0v) is 10.9. The molecule has 0 aromatic heterocycles. The van der Waals surface area contributed by atoms with E-state index in [9.17, 15) is 9.59 Å². The molecule has 5 nitrogen and oxygen atoms in total. The molecule has 1 fully saturated rings. The van der Waals surface area contributed by atoms with Crippen LogP contribution in [0.25, 0.3) is 0 Å². The summed E-state index contributed by atoms with van der Waals surface area (Å²) in [4.78, 5) is 24.8. The number of amides is 2. The number of rotatable bonds is 7. The molecular formula is C12H22N2O3. The third-order valence-electron chi connectivity index (χ3n) is 2.79. The highest BCUT2D eigenvalue weighted by Crippen LogP contribution is 2.13. The Balaban J connectivity index is 2.41. The van der Waals surface area contributed by atoms with Gasteiger partial charge in [0.15, 0.2) is 0 Å². The molecule has 1 aliphatic heterocycles. The predicted molar refractivity (Wildman–Crippen MR) is 64.5 cm³/mol. The van der Waals surface area contributed by atoms with Gasteiger partial charge >= 0.3 is 0 Å². The Bertz CT molecular complexity index is 281. The highest BCUT2D eigenvalue weighted by molar-refractivity contribution is 6.05. The lowest BCUT2D eigenvalue weighted by Gasteiger charge is -2.17. The number of carbonyl (C=O) groups excluding carboxylic acids is 2. The molecule has 1 N–H and O–H groups in total. The molecule has 1 aliphatic rings. The van der Waals surface area contributed by atoms with E-state index >= 15 is 0 Å². The molecule has 0 radical (unpaired) electrons. The van der Waals surface area contributed by atoms with Crippen LogP contribution in [0.15, 0.2) is 0 Å². The Labute approximate surface area is 102 Å². The van der Waals surface area contributed by atoms with Crippen molar-refractivity contribution >= 4 is 11.8 Å². The number of ether oxygens (including phenoxy) is 1. The van der Waals surface area contributed by atoms with E-state index in [-0.39, 0.29) is 30.4 Å². The van der Waals surface area contributed by atoms with E-state index < -0.39 is 0 Å². The number of hydrogen-bond acceptors (Lipinski definition) is 4. The van der Waals surface area contributed by atoms with Crippen LogP contribution in [-0.4, -0.2) is 48.6 Å². The van der Waals surface area contributed by atoms with E-state index in [0.29, 0.717) is 19.7 Å². The van der Waals surface area contributed by atoms with Crippen LogP contribution in [0.2, 0.25) is 0 Å². The highest BCUT2D eigenvalue weighted by Gasteiger charge is 2.37. The van der Waals surface area contributed by atoms with Gasteiger partial charge in [-0.25, -0.2) is 0 Å². The van der Waals surface area contributed by atoms with Crippen LogP contribution in [0.4, 0.5) is 0 Å². The average molecular weight is 242 g/mol. The van der Waals surface area contributed by atoms with Gasteiger partial charge in [0.05, 0.1) is 18.6 Å². The molecule has 0 aromatic rings. The van der Waals surface area contributed by atoms with Crippen LogP contribution in [0, 0.1) is 0 Å². The number of hydrogen-bond donors (Lipinski definition) is 1. The molecule has 0 saturated carbocycles. The molecule has 1 saturated heterocycles. The van der Waals surface area contributed by atoms with Crippen molar-refractivity contribution in [1.29, 1.82) is 0 Å². The Kier molecular flexibility index (Phi) is 5.58. The molecule has 1 heterocycles. The first-order valence-corrected chi connectivity index (χ1v) is 6.29. The van der Waals surface area contributed by atoms with Crippen molar-refractivity contribution in [2.24, 2.45) is 0 Å². The van der Waals surface area contributed by atoms with Gasteiger partial charge in [0.25, 0.3) is 0 Å². The summed E-state index contributed by atoms with van der Waals surface area (Å²) in [7, 11) is 0. The highest BCUT2D eigenvalue weighted by atomic mass is 16.5. The third kappa shape index (κ3) is 3.78. The molecule has 17 heavy (non-hydrogen) atoms. The fraction of sp³-hybridized carbons (Fsp3) is 0.833. The molecule has 0 aliphatic carbocycles. The molecular weight excluding hydrogens is 220 g/mol. The molecule has 98 valence electrons. The first-order chi connectivity index (χ1) is 8.10. The number of nitrogens with one attached hydrogen (secondary N) is 1. The molecule has 1 rings (SSSR count). The first-order valence-electron chi connectivity index (χ1n) is 6.29. The van der Waals surface area contributed by atoms with Crippen molar-refractivity contribution in [3.8, 4) is 0 Å². The van der Waals surface area contributed by atoms with Crippen molar-refractivity contribution < 1.29 is 14.3 Å². The molecule has 0 spiro atoms. The van der Waals surface area contributed by atoms with Gasteiger partial charge in [-0.2, -0.15) is 0 Å². The number of nitrogens with zero attached hydrogens (tertiary/aromatic N) is 1. The fourth-order valence-corrected chi connectivity index (χ4v) is 1.95. The summed E-state index contributed by atoms with van der Waals surface area (Å²) < 4.78 is 5.37. The second kappa shape index (κ2) is 6.71. The van der Waals surface area contributed by atoms with E-state index in [1.54, 1.807) is 0 Å². The summed E-state index contributed by atoms with van der Waals surface area (Å²) in [5.41, 5.74) is 0. The minimum Gasteiger partial charge on any atom is -0.377 e. The van der Waals surface area contributed by atoms with Gasteiger partial charge in [-0.3, -0.25) is 14.5 Å². The van der Waals surface area contributed by atoms with Crippen LogP contribution in [-0.2, 0) is 14.3 Å². The maximum absolute atomic E-state index is 11.9. The molecule has 2 unspecified atom stereocenters. The van der Waals surface area contributed by atoms with Crippen LogP contribution < -0.4 is 5.32 Å². The van der Waals surface area contributed by atoms with Gasteiger partial charge in [0, 0.05) is 19.7 Å². The fourth-order valence-electron chi connectivity index (χ4n) is 1.95. The number of carbonyl (C=O) groups is 2. The van der Waals surface area contributed by atoms with Crippen LogP contribution in [0.1, 0.15) is 33.6 Å². The third-order valence-corrected chi connectivity index (χ3v) is 2.79. The second-order valence-electron chi connectivity index (χ2n) is 4.31. The lowest BCUT2D eigenvalue weighted by molar-refractivity contribution is -0.138. The summed E-state index contributed by atoms with van der Waals surface area (Å²) in [5.74, 6) is -0.168. The van der Waals surface area contributed by atoms with E-state index in [2.05, 4.69) is 5.32 Å². The molecule has 0 bridgehead atoms. The van der Waals surface area contributed by atoms with Crippen LogP contribution >= 0.6 is 0 Å². The smallest absolute Gasteiger partial charge is 0.246 e. The standard InChI is InChI=1S/C12H22N2O3/c1-4-6-14-11(15)7-10(12(14)16)13-8-9(3)17-5-2/h9-10,13H,4-8H2,1-3H3. The summed E-state index contributed by atoms with van der Waals surface area (Å²) in [6, 6.07) is -0.364. The van der Waals surface area contributed by atoms with Gasteiger partial charge in [0.2, 0.25) is 11.8 Å². The minimum atomic E-state index is -0.364.